The molecule has 1 aromatic carbocycles. The van der Waals surface area contributed by atoms with E-state index in [-0.39, 0.29) is 0 Å². The van der Waals surface area contributed by atoms with Gasteiger partial charge in [-0.15, -0.1) is 0 Å². The Morgan fingerprint density at radius 3 is 2.95 bits per heavy atom. The van der Waals surface area contributed by atoms with E-state index >= 15 is 0 Å². The number of nitrogens with zero attached hydrogens (tertiary/aromatic N) is 1. The van der Waals surface area contributed by atoms with E-state index < -0.39 is 0 Å². The second kappa shape index (κ2) is 4.90. The van der Waals surface area contributed by atoms with Crippen molar-refractivity contribution in [1.82, 2.24) is 10.2 Å². The number of fused-ring (bicyclic) bond motifs is 5. The smallest absolute Gasteiger partial charge is 0.134 e. The van der Waals surface area contributed by atoms with Crippen LogP contribution in [0.1, 0.15) is 24.2 Å². The number of hydrogen-bond donors (Lipinski definition) is 1. The van der Waals surface area contributed by atoms with E-state index in [0.717, 1.165) is 30.4 Å². The fourth-order valence-corrected chi connectivity index (χ4v) is 3.75. The number of nitrogens with one attached hydrogen (secondary N) is 1. The van der Waals surface area contributed by atoms with Crippen molar-refractivity contribution in [3.8, 4) is 0 Å². The van der Waals surface area contributed by atoms with Gasteiger partial charge in [-0.05, 0) is 43.9 Å². The Labute approximate surface area is 119 Å². The van der Waals surface area contributed by atoms with Crippen molar-refractivity contribution in [3.05, 3.63) is 35.6 Å². The molecule has 5 rings (SSSR count). The van der Waals surface area contributed by atoms with Crippen molar-refractivity contribution in [2.24, 2.45) is 5.92 Å². The van der Waals surface area contributed by atoms with Crippen molar-refractivity contribution in [3.63, 3.8) is 0 Å². The zero-order valence-electron chi connectivity index (χ0n) is 12.1. The van der Waals surface area contributed by atoms with Gasteiger partial charge in [0, 0.05) is 24.5 Å². The second-order valence-corrected chi connectivity index (χ2v) is 6.39. The summed E-state index contributed by atoms with van der Waals surface area (Å²) in [6.07, 6.45) is 2.72. The molecule has 3 saturated heterocycles. The molecule has 0 spiro atoms. The van der Waals surface area contributed by atoms with Crippen LogP contribution in [0.2, 0.25) is 0 Å². The maximum Gasteiger partial charge on any atom is 0.134 e. The first-order valence-corrected chi connectivity index (χ1v) is 7.72. The lowest BCUT2D eigenvalue weighted by molar-refractivity contribution is 0.237. The molecule has 3 aliphatic heterocycles. The minimum Gasteiger partial charge on any atom is -0.459 e. The van der Waals surface area contributed by atoms with Crippen LogP contribution >= 0.6 is 0 Å². The predicted molar refractivity (Wildman–Crippen MR) is 80.7 cm³/mol. The van der Waals surface area contributed by atoms with E-state index in [2.05, 4.69) is 35.3 Å². The van der Waals surface area contributed by atoms with Crippen LogP contribution < -0.4 is 5.32 Å². The molecular weight excluding hydrogens is 248 g/mol. The van der Waals surface area contributed by atoms with E-state index in [1.165, 1.54) is 36.9 Å². The molecule has 20 heavy (non-hydrogen) atoms. The molecule has 2 atom stereocenters. The number of piperidine rings is 1. The molecule has 2 bridgehead atoms. The molecule has 0 amide bonds. The molecule has 3 fully saturated rings. The topological polar surface area (TPSA) is 28.4 Å². The van der Waals surface area contributed by atoms with Gasteiger partial charge >= 0.3 is 0 Å². The van der Waals surface area contributed by atoms with E-state index in [1.54, 1.807) is 0 Å². The molecule has 2 aromatic rings. The maximum atomic E-state index is 6.07. The summed E-state index contributed by atoms with van der Waals surface area (Å²) in [5, 5.41) is 4.93. The van der Waals surface area contributed by atoms with Crippen LogP contribution in [-0.2, 0) is 6.54 Å². The molecular formula is C17H22N2O. The summed E-state index contributed by atoms with van der Waals surface area (Å²) in [5.74, 6) is 1.96. The maximum absolute atomic E-state index is 6.07. The van der Waals surface area contributed by atoms with E-state index in [1.807, 2.05) is 6.07 Å². The predicted octanol–water partition coefficient (Wildman–Crippen LogP) is 2.93. The summed E-state index contributed by atoms with van der Waals surface area (Å²) in [5.41, 5.74) is 2.33. The van der Waals surface area contributed by atoms with Crippen LogP contribution in [0, 0.1) is 12.8 Å². The third kappa shape index (κ3) is 2.15. The Morgan fingerprint density at radius 2 is 2.15 bits per heavy atom. The standard InChI is InChI=1S/C17H22N2O/c1-12-15-4-2-3-5-16(15)20-17(12)11-19-9-13-6-7-14(10-19)18-8-13/h2-5,13-14,18H,6-11H2,1H3/t13-,14-/m0/s1. The Morgan fingerprint density at radius 1 is 1.25 bits per heavy atom. The van der Waals surface area contributed by atoms with Gasteiger partial charge < -0.3 is 9.73 Å². The normalized spacial score (nSPS) is 27.1. The third-order valence-corrected chi connectivity index (χ3v) is 4.92. The summed E-state index contributed by atoms with van der Waals surface area (Å²) in [7, 11) is 0. The van der Waals surface area contributed by atoms with Crippen LogP contribution in [0.15, 0.2) is 28.7 Å². The number of rotatable bonds is 2. The minimum absolute atomic E-state index is 0.679. The molecule has 0 aliphatic carbocycles. The Hall–Kier alpha value is -1.32. The Balaban J connectivity index is 1.59. The molecule has 106 valence electrons. The average molecular weight is 270 g/mol. The summed E-state index contributed by atoms with van der Waals surface area (Å²) in [6, 6.07) is 9.04. The molecule has 4 heterocycles. The van der Waals surface area contributed by atoms with E-state index in [0.29, 0.717) is 6.04 Å². The molecule has 0 unspecified atom stereocenters. The molecule has 0 saturated carbocycles. The molecule has 1 N–H and O–H groups in total. The van der Waals surface area contributed by atoms with Crippen LogP contribution in [0.4, 0.5) is 0 Å². The lowest BCUT2D eigenvalue weighted by atomic mass is 9.97. The number of para-hydroxylation sites is 1. The SMILES string of the molecule is Cc1c(CN2C[C@H]3CC[C@@H](C2)NC3)oc2ccccc12. The van der Waals surface area contributed by atoms with Crippen LogP contribution in [0.5, 0.6) is 0 Å². The summed E-state index contributed by atoms with van der Waals surface area (Å²) < 4.78 is 6.07. The number of hydrogen-bond acceptors (Lipinski definition) is 3. The van der Waals surface area contributed by atoms with E-state index in [4.69, 9.17) is 4.42 Å². The number of benzene rings is 1. The largest absolute Gasteiger partial charge is 0.459 e. The van der Waals surface area contributed by atoms with Gasteiger partial charge in [0.1, 0.15) is 11.3 Å². The van der Waals surface area contributed by atoms with Gasteiger partial charge in [0.2, 0.25) is 0 Å². The highest BCUT2D eigenvalue weighted by Gasteiger charge is 2.29. The highest BCUT2D eigenvalue weighted by atomic mass is 16.3. The summed E-state index contributed by atoms with van der Waals surface area (Å²) in [4.78, 5) is 2.58. The Kier molecular flexibility index (Phi) is 3.04. The molecule has 3 nitrogen and oxygen atoms in total. The van der Waals surface area contributed by atoms with Crippen molar-refractivity contribution >= 4 is 11.0 Å². The molecule has 0 radical (unpaired) electrons. The van der Waals surface area contributed by atoms with Crippen molar-refractivity contribution < 1.29 is 4.42 Å². The zero-order chi connectivity index (χ0) is 13.5. The zero-order valence-corrected chi connectivity index (χ0v) is 12.1. The van der Waals surface area contributed by atoms with Crippen molar-refractivity contribution in [1.29, 1.82) is 0 Å². The monoisotopic (exact) mass is 270 g/mol. The molecule has 3 aliphatic rings. The fraction of sp³-hybridized carbons (Fsp3) is 0.529. The molecule has 3 heteroatoms. The first-order valence-electron chi connectivity index (χ1n) is 7.72. The van der Waals surface area contributed by atoms with Crippen molar-refractivity contribution in [2.75, 3.05) is 19.6 Å². The quantitative estimate of drug-likeness (QED) is 0.909. The van der Waals surface area contributed by atoms with Gasteiger partial charge in [0.15, 0.2) is 0 Å². The number of aryl methyl sites for hydroxylation is 1. The summed E-state index contributed by atoms with van der Waals surface area (Å²) >= 11 is 0. The second-order valence-electron chi connectivity index (χ2n) is 6.39. The van der Waals surface area contributed by atoms with Gasteiger partial charge in [-0.1, -0.05) is 18.2 Å². The highest BCUT2D eigenvalue weighted by molar-refractivity contribution is 5.81. The van der Waals surface area contributed by atoms with Gasteiger partial charge in [0.05, 0.1) is 6.54 Å². The van der Waals surface area contributed by atoms with Gasteiger partial charge in [-0.2, -0.15) is 0 Å². The van der Waals surface area contributed by atoms with Crippen LogP contribution in [-0.4, -0.2) is 30.6 Å². The fourth-order valence-electron chi connectivity index (χ4n) is 3.75. The minimum atomic E-state index is 0.679. The first kappa shape index (κ1) is 12.4. The number of furan rings is 1. The lowest BCUT2D eigenvalue weighted by Crippen LogP contribution is -2.39. The van der Waals surface area contributed by atoms with E-state index in [9.17, 15) is 0 Å². The average Bonchev–Trinajstić information content (AvgIpc) is 2.64. The molecule has 1 aromatic heterocycles. The van der Waals surface area contributed by atoms with Crippen LogP contribution in [0.25, 0.3) is 11.0 Å². The summed E-state index contributed by atoms with van der Waals surface area (Å²) in [6.45, 7) is 6.70. The lowest BCUT2D eigenvalue weighted by Gasteiger charge is -2.23. The highest BCUT2D eigenvalue weighted by Crippen LogP contribution is 2.28. The van der Waals surface area contributed by atoms with Gasteiger partial charge in [-0.3, -0.25) is 4.90 Å². The third-order valence-electron chi connectivity index (χ3n) is 4.92. The first-order chi connectivity index (χ1) is 9.79. The van der Waals surface area contributed by atoms with Gasteiger partial charge in [0.25, 0.3) is 0 Å². The van der Waals surface area contributed by atoms with Crippen molar-refractivity contribution in [2.45, 2.75) is 32.4 Å². The van der Waals surface area contributed by atoms with Crippen LogP contribution in [0.3, 0.4) is 0 Å². The van der Waals surface area contributed by atoms with Gasteiger partial charge in [-0.25, -0.2) is 0 Å². The Bertz CT molecular complexity index is 596.